The first-order valence-electron chi connectivity index (χ1n) is 9.51. The van der Waals surface area contributed by atoms with E-state index in [0.29, 0.717) is 24.3 Å². The van der Waals surface area contributed by atoms with Gasteiger partial charge in [-0.05, 0) is 51.2 Å². The first kappa shape index (κ1) is 17.8. The van der Waals surface area contributed by atoms with Crippen LogP contribution in [0.4, 0.5) is 0 Å². The normalized spacial score (nSPS) is 20.8. The van der Waals surface area contributed by atoms with Crippen LogP contribution >= 0.6 is 0 Å². The van der Waals surface area contributed by atoms with E-state index in [1.54, 1.807) is 0 Å². The van der Waals surface area contributed by atoms with Crippen LogP contribution < -0.4 is 4.74 Å². The highest BCUT2D eigenvalue weighted by Gasteiger charge is 2.30. The maximum absolute atomic E-state index is 13.1. The number of hydrogen-bond acceptors (Lipinski definition) is 3. The minimum absolute atomic E-state index is 0.0569. The van der Waals surface area contributed by atoms with Crippen molar-refractivity contribution in [2.24, 2.45) is 0 Å². The summed E-state index contributed by atoms with van der Waals surface area (Å²) < 4.78 is 5.64. The number of benzene rings is 1. The van der Waals surface area contributed by atoms with Crippen LogP contribution in [0.25, 0.3) is 0 Å². The molecule has 0 spiro atoms. The number of carbonyl (C=O) groups is 2. The fourth-order valence-corrected chi connectivity index (χ4v) is 3.89. The Bertz CT molecular complexity index is 617. The third-order valence-electron chi connectivity index (χ3n) is 5.21. The summed E-state index contributed by atoms with van der Waals surface area (Å²) in [6.07, 6.45) is 5.72. The molecule has 1 atom stereocenters. The van der Waals surface area contributed by atoms with Crippen LogP contribution in [0.3, 0.4) is 0 Å². The Morgan fingerprint density at radius 3 is 2.80 bits per heavy atom. The molecule has 1 aromatic rings. The van der Waals surface area contributed by atoms with Crippen molar-refractivity contribution >= 4 is 11.8 Å². The number of hydrogen-bond donors (Lipinski definition) is 0. The number of ether oxygens (including phenoxy) is 1. The Labute approximate surface area is 149 Å². The fourth-order valence-electron chi connectivity index (χ4n) is 3.89. The molecule has 0 saturated carbocycles. The van der Waals surface area contributed by atoms with Crippen molar-refractivity contribution in [1.82, 2.24) is 9.80 Å². The molecular formula is C20H28N2O3. The van der Waals surface area contributed by atoms with Gasteiger partial charge in [-0.1, -0.05) is 12.1 Å². The van der Waals surface area contributed by atoms with Crippen molar-refractivity contribution in [3.05, 3.63) is 29.8 Å². The van der Waals surface area contributed by atoms with Crippen molar-refractivity contribution < 1.29 is 14.3 Å². The Kier molecular flexibility index (Phi) is 5.95. The lowest BCUT2D eigenvalue weighted by Crippen LogP contribution is -2.45. The molecule has 0 radical (unpaired) electrons. The molecule has 136 valence electrons. The predicted octanol–water partition coefficient (Wildman–Crippen LogP) is 3.09. The predicted molar refractivity (Wildman–Crippen MR) is 96.7 cm³/mol. The second-order valence-electron chi connectivity index (χ2n) is 6.85. The first-order chi connectivity index (χ1) is 12.2. The molecule has 2 aliphatic rings. The number of para-hydroxylation sites is 1. The van der Waals surface area contributed by atoms with E-state index < -0.39 is 0 Å². The average molecular weight is 344 g/mol. The molecule has 2 fully saturated rings. The largest absolute Gasteiger partial charge is 0.493 e. The summed E-state index contributed by atoms with van der Waals surface area (Å²) in [5.41, 5.74) is 0.647. The van der Waals surface area contributed by atoms with E-state index in [1.807, 2.05) is 41.0 Å². The molecule has 0 N–H and O–H groups in total. The van der Waals surface area contributed by atoms with Gasteiger partial charge >= 0.3 is 0 Å². The van der Waals surface area contributed by atoms with Gasteiger partial charge in [-0.25, -0.2) is 0 Å². The molecule has 2 aliphatic heterocycles. The zero-order valence-corrected chi connectivity index (χ0v) is 15.1. The number of nitrogens with zero attached hydrogens (tertiary/aromatic N) is 2. The van der Waals surface area contributed by atoms with Gasteiger partial charge in [0.25, 0.3) is 5.91 Å². The van der Waals surface area contributed by atoms with E-state index in [9.17, 15) is 9.59 Å². The maximum Gasteiger partial charge on any atom is 0.257 e. The summed E-state index contributed by atoms with van der Waals surface area (Å²) in [5.74, 6) is 0.978. The molecule has 2 saturated heterocycles. The van der Waals surface area contributed by atoms with E-state index >= 15 is 0 Å². The number of piperidine rings is 1. The Morgan fingerprint density at radius 2 is 2.04 bits per heavy atom. The summed E-state index contributed by atoms with van der Waals surface area (Å²) in [7, 11) is 0. The van der Waals surface area contributed by atoms with Crippen molar-refractivity contribution in [2.45, 2.75) is 51.5 Å². The third kappa shape index (κ3) is 4.14. The van der Waals surface area contributed by atoms with Gasteiger partial charge in [-0.2, -0.15) is 0 Å². The molecule has 2 heterocycles. The summed E-state index contributed by atoms with van der Waals surface area (Å²) in [4.78, 5) is 28.9. The highest BCUT2D eigenvalue weighted by Crippen LogP contribution is 2.26. The molecule has 1 aromatic carbocycles. The highest BCUT2D eigenvalue weighted by molar-refractivity contribution is 5.97. The van der Waals surface area contributed by atoms with E-state index in [2.05, 4.69) is 0 Å². The minimum atomic E-state index is 0.0569. The lowest BCUT2D eigenvalue weighted by Gasteiger charge is -2.37. The summed E-state index contributed by atoms with van der Waals surface area (Å²) in [6, 6.07) is 7.71. The number of amides is 2. The van der Waals surface area contributed by atoms with E-state index in [1.165, 1.54) is 0 Å². The van der Waals surface area contributed by atoms with Crippen LogP contribution in [0, 0.1) is 0 Å². The number of likely N-dealkylation sites (tertiary alicyclic amines) is 2. The Balaban J connectivity index is 1.69. The van der Waals surface area contributed by atoms with Crippen LogP contribution in [0.2, 0.25) is 0 Å². The van der Waals surface area contributed by atoms with Gasteiger partial charge in [-0.3, -0.25) is 9.59 Å². The Hall–Kier alpha value is -2.04. The standard InChI is InChI=1S/C20H28N2O3/c1-2-25-18-10-4-3-9-17(18)20(24)22-14-6-5-8-16(22)12-15-21-13-7-11-19(21)23/h3-4,9-10,16H,2,5-8,11-15H2,1H3. The van der Waals surface area contributed by atoms with E-state index in [0.717, 1.165) is 51.7 Å². The topological polar surface area (TPSA) is 49.9 Å². The van der Waals surface area contributed by atoms with Gasteiger partial charge in [0.2, 0.25) is 5.91 Å². The molecule has 0 aromatic heterocycles. The minimum Gasteiger partial charge on any atom is -0.493 e. The van der Waals surface area contributed by atoms with Gasteiger partial charge in [0, 0.05) is 32.1 Å². The fraction of sp³-hybridized carbons (Fsp3) is 0.600. The molecule has 25 heavy (non-hydrogen) atoms. The van der Waals surface area contributed by atoms with Gasteiger partial charge in [-0.15, -0.1) is 0 Å². The second-order valence-corrected chi connectivity index (χ2v) is 6.85. The second kappa shape index (κ2) is 8.37. The molecule has 3 rings (SSSR count). The SMILES string of the molecule is CCOc1ccccc1C(=O)N1CCCCC1CCN1CCCC1=O. The highest BCUT2D eigenvalue weighted by atomic mass is 16.5. The molecular weight excluding hydrogens is 316 g/mol. The van der Waals surface area contributed by atoms with E-state index in [-0.39, 0.29) is 17.9 Å². The van der Waals surface area contributed by atoms with Crippen molar-refractivity contribution in [3.63, 3.8) is 0 Å². The molecule has 0 bridgehead atoms. The van der Waals surface area contributed by atoms with Gasteiger partial charge in [0.05, 0.1) is 12.2 Å². The zero-order valence-electron chi connectivity index (χ0n) is 15.1. The van der Waals surface area contributed by atoms with Crippen LogP contribution in [0.5, 0.6) is 5.75 Å². The van der Waals surface area contributed by atoms with Crippen LogP contribution in [-0.2, 0) is 4.79 Å². The van der Waals surface area contributed by atoms with Crippen molar-refractivity contribution in [3.8, 4) is 5.75 Å². The lowest BCUT2D eigenvalue weighted by molar-refractivity contribution is -0.127. The zero-order chi connectivity index (χ0) is 17.6. The van der Waals surface area contributed by atoms with E-state index in [4.69, 9.17) is 4.74 Å². The van der Waals surface area contributed by atoms with Crippen molar-refractivity contribution in [2.75, 3.05) is 26.2 Å². The molecule has 2 amide bonds. The number of carbonyl (C=O) groups excluding carboxylic acids is 2. The third-order valence-corrected chi connectivity index (χ3v) is 5.21. The van der Waals surface area contributed by atoms with Crippen LogP contribution in [-0.4, -0.2) is 53.9 Å². The van der Waals surface area contributed by atoms with Crippen LogP contribution in [0.1, 0.15) is 55.8 Å². The summed E-state index contributed by atoms with van der Waals surface area (Å²) >= 11 is 0. The average Bonchev–Trinajstić information content (AvgIpc) is 3.05. The maximum atomic E-state index is 13.1. The molecule has 5 nitrogen and oxygen atoms in total. The van der Waals surface area contributed by atoms with Crippen molar-refractivity contribution in [1.29, 1.82) is 0 Å². The molecule has 5 heteroatoms. The molecule has 0 aliphatic carbocycles. The van der Waals surface area contributed by atoms with Gasteiger partial charge in [0.15, 0.2) is 0 Å². The van der Waals surface area contributed by atoms with Crippen LogP contribution in [0.15, 0.2) is 24.3 Å². The monoisotopic (exact) mass is 344 g/mol. The Morgan fingerprint density at radius 1 is 1.20 bits per heavy atom. The lowest BCUT2D eigenvalue weighted by atomic mass is 9.97. The van der Waals surface area contributed by atoms with Gasteiger partial charge in [0.1, 0.15) is 5.75 Å². The summed E-state index contributed by atoms with van der Waals surface area (Å²) in [5, 5.41) is 0. The number of rotatable bonds is 6. The quantitative estimate of drug-likeness (QED) is 0.797. The van der Waals surface area contributed by atoms with Gasteiger partial charge < -0.3 is 14.5 Å². The smallest absolute Gasteiger partial charge is 0.257 e. The summed E-state index contributed by atoms with van der Waals surface area (Å²) in [6.45, 7) is 4.90. The first-order valence-corrected chi connectivity index (χ1v) is 9.51. The molecule has 1 unspecified atom stereocenters.